The van der Waals surface area contributed by atoms with Crippen LogP contribution in [0.3, 0.4) is 0 Å². The zero-order valence-corrected chi connectivity index (χ0v) is 14.6. The molecule has 2 amide bonds. The molecule has 4 rings (SSSR count). The van der Waals surface area contributed by atoms with E-state index in [4.69, 9.17) is 0 Å². The van der Waals surface area contributed by atoms with Gasteiger partial charge < -0.3 is 10.6 Å². The highest BCUT2D eigenvalue weighted by Gasteiger charge is 2.17. The van der Waals surface area contributed by atoms with E-state index in [0.717, 1.165) is 10.5 Å². The number of anilines is 2. The normalized spacial score (nSPS) is 13.0. The van der Waals surface area contributed by atoms with E-state index >= 15 is 0 Å². The van der Waals surface area contributed by atoms with Crippen LogP contribution in [0.1, 0.15) is 15.9 Å². The predicted octanol–water partition coefficient (Wildman–Crippen LogP) is 3.23. The third-order valence-corrected chi connectivity index (χ3v) is 5.03. The molecule has 26 heavy (non-hydrogen) atoms. The number of nitrogens with one attached hydrogen (secondary N) is 2. The van der Waals surface area contributed by atoms with Crippen LogP contribution in [0.25, 0.3) is 0 Å². The second kappa shape index (κ2) is 7.05. The van der Waals surface area contributed by atoms with Crippen LogP contribution in [-0.2, 0) is 11.3 Å². The van der Waals surface area contributed by atoms with E-state index in [9.17, 15) is 9.59 Å². The number of nitrogens with zero attached hydrogens (tertiary/aromatic N) is 2. The van der Waals surface area contributed by atoms with Crippen molar-refractivity contribution in [2.24, 2.45) is 0 Å². The number of benzene rings is 2. The summed E-state index contributed by atoms with van der Waals surface area (Å²) in [5.74, 6) is 0.109. The highest BCUT2D eigenvalue weighted by molar-refractivity contribution is 8.00. The van der Waals surface area contributed by atoms with Gasteiger partial charge in [0, 0.05) is 16.7 Å². The quantitative estimate of drug-likeness (QED) is 0.745. The fourth-order valence-corrected chi connectivity index (χ4v) is 3.50. The number of amides is 2. The average molecular weight is 364 g/mol. The van der Waals surface area contributed by atoms with Crippen molar-refractivity contribution in [2.45, 2.75) is 11.4 Å². The van der Waals surface area contributed by atoms with E-state index in [2.05, 4.69) is 15.7 Å². The van der Waals surface area contributed by atoms with Gasteiger partial charge in [-0.25, -0.2) is 0 Å². The van der Waals surface area contributed by atoms with Crippen molar-refractivity contribution in [3.63, 3.8) is 0 Å². The first kappa shape index (κ1) is 16.4. The molecule has 1 aromatic heterocycles. The molecule has 1 aliphatic heterocycles. The Labute approximate surface area is 154 Å². The molecule has 3 aromatic rings. The monoisotopic (exact) mass is 364 g/mol. The number of rotatable bonds is 4. The Morgan fingerprint density at radius 2 is 2.08 bits per heavy atom. The van der Waals surface area contributed by atoms with Crippen molar-refractivity contribution >= 4 is 35.0 Å². The maximum atomic E-state index is 12.5. The molecular formula is C19H16N4O2S. The van der Waals surface area contributed by atoms with E-state index in [1.54, 1.807) is 29.2 Å². The Bertz CT molecular complexity index is 969. The standard InChI is InChI=1S/C19H16N4O2S/c24-18-12-26-17-7-6-14(8-16(17)22-18)19(25)21-15-9-20-23(11-15)10-13-4-2-1-3-5-13/h1-9,11H,10,12H2,(H,21,25)(H,22,24). The van der Waals surface area contributed by atoms with Crippen molar-refractivity contribution in [1.82, 2.24) is 9.78 Å². The summed E-state index contributed by atoms with van der Waals surface area (Å²) in [5, 5.41) is 9.91. The molecule has 6 nitrogen and oxygen atoms in total. The van der Waals surface area contributed by atoms with Crippen LogP contribution in [0.5, 0.6) is 0 Å². The molecule has 2 aromatic carbocycles. The number of hydrogen-bond donors (Lipinski definition) is 2. The Morgan fingerprint density at radius 1 is 1.23 bits per heavy atom. The largest absolute Gasteiger partial charge is 0.324 e. The number of carbonyl (C=O) groups excluding carboxylic acids is 2. The van der Waals surface area contributed by atoms with Crippen LogP contribution in [-0.4, -0.2) is 27.3 Å². The van der Waals surface area contributed by atoms with Gasteiger partial charge in [-0.3, -0.25) is 14.3 Å². The molecule has 0 bridgehead atoms. The third-order valence-electron chi connectivity index (χ3n) is 3.95. The first-order chi connectivity index (χ1) is 12.7. The summed E-state index contributed by atoms with van der Waals surface area (Å²) in [6.07, 6.45) is 3.41. The summed E-state index contributed by atoms with van der Waals surface area (Å²) < 4.78 is 1.77. The van der Waals surface area contributed by atoms with Crippen LogP contribution in [0.2, 0.25) is 0 Å². The summed E-state index contributed by atoms with van der Waals surface area (Å²) in [4.78, 5) is 25.0. The van der Waals surface area contributed by atoms with Gasteiger partial charge in [-0.1, -0.05) is 30.3 Å². The molecule has 7 heteroatoms. The topological polar surface area (TPSA) is 76.0 Å². The molecule has 0 radical (unpaired) electrons. The van der Waals surface area contributed by atoms with Crippen LogP contribution in [0, 0.1) is 0 Å². The molecule has 2 heterocycles. The van der Waals surface area contributed by atoms with E-state index in [1.165, 1.54) is 11.8 Å². The van der Waals surface area contributed by atoms with Crippen LogP contribution >= 0.6 is 11.8 Å². The smallest absolute Gasteiger partial charge is 0.255 e. The molecule has 0 saturated carbocycles. The van der Waals surface area contributed by atoms with Gasteiger partial charge in [0.2, 0.25) is 5.91 Å². The number of carbonyl (C=O) groups is 2. The minimum absolute atomic E-state index is 0.0535. The maximum absolute atomic E-state index is 12.5. The number of thioether (sulfide) groups is 1. The lowest BCUT2D eigenvalue weighted by Gasteiger charge is -2.16. The Kier molecular flexibility index (Phi) is 4.45. The maximum Gasteiger partial charge on any atom is 0.255 e. The van der Waals surface area contributed by atoms with Gasteiger partial charge in [-0.15, -0.1) is 11.8 Å². The lowest BCUT2D eigenvalue weighted by Crippen LogP contribution is -2.19. The molecule has 1 aliphatic rings. The molecular weight excluding hydrogens is 348 g/mol. The molecule has 130 valence electrons. The first-order valence-electron chi connectivity index (χ1n) is 8.12. The molecule has 0 unspecified atom stereocenters. The summed E-state index contributed by atoms with van der Waals surface area (Å²) in [6.45, 7) is 0.638. The number of aromatic nitrogens is 2. The van der Waals surface area contributed by atoms with Gasteiger partial charge >= 0.3 is 0 Å². The Hall–Kier alpha value is -3.06. The lowest BCUT2D eigenvalue weighted by atomic mass is 10.2. The molecule has 0 fully saturated rings. The first-order valence-corrected chi connectivity index (χ1v) is 9.10. The van der Waals surface area contributed by atoms with Gasteiger partial charge in [-0.2, -0.15) is 5.10 Å². The van der Waals surface area contributed by atoms with Crippen molar-refractivity contribution in [2.75, 3.05) is 16.4 Å². The summed E-state index contributed by atoms with van der Waals surface area (Å²) in [7, 11) is 0. The lowest BCUT2D eigenvalue weighted by molar-refractivity contribution is -0.113. The minimum Gasteiger partial charge on any atom is -0.324 e. The average Bonchev–Trinajstić information content (AvgIpc) is 3.08. The van der Waals surface area contributed by atoms with Crippen molar-refractivity contribution in [1.29, 1.82) is 0 Å². The van der Waals surface area contributed by atoms with Crippen LogP contribution < -0.4 is 10.6 Å². The van der Waals surface area contributed by atoms with E-state index < -0.39 is 0 Å². The van der Waals surface area contributed by atoms with Crippen molar-refractivity contribution < 1.29 is 9.59 Å². The Morgan fingerprint density at radius 3 is 2.92 bits per heavy atom. The second-order valence-electron chi connectivity index (χ2n) is 5.91. The van der Waals surface area contributed by atoms with Gasteiger partial charge in [-0.05, 0) is 23.8 Å². The Balaban J connectivity index is 1.45. The van der Waals surface area contributed by atoms with E-state index in [0.29, 0.717) is 29.2 Å². The van der Waals surface area contributed by atoms with Crippen LogP contribution in [0.4, 0.5) is 11.4 Å². The summed E-state index contributed by atoms with van der Waals surface area (Å²) >= 11 is 1.47. The van der Waals surface area contributed by atoms with Gasteiger partial charge in [0.1, 0.15) is 0 Å². The fraction of sp³-hybridized carbons (Fsp3) is 0.105. The van der Waals surface area contributed by atoms with Crippen LogP contribution in [0.15, 0.2) is 65.8 Å². The van der Waals surface area contributed by atoms with E-state index in [1.807, 2.05) is 36.4 Å². The molecule has 2 N–H and O–H groups in total. The summed E-state index contributed by atoms with van der Waals surface area (Å²) in [5.41, 5.74) is 2.93. The highest BCUT2D eigenvalue weighted by Crippen LogP contribution is 2.32. The van der Waals surface area contributed by atoms with Gasteiger partial charge in [0.15, 0.2) is 0 Å². The van der Waals surface area contributed by atoms with Crippen molar-refractivity contribution in [3.8, 4) is 0 Å². The highest BCUT2D eigenvalue weighted by atomic mass is 32.2. The number of fused-ring (bicyclic) bond motifs is 1. The number of hydrogen-bond acceptors (Lipinski definition) is 4. The molecule has 0 aliphatic carbocycles. The zero-order chi connectivity index (χ0) is 17.9. The van der Waals surface area contributed by atoms with Gasteiger partial charge in [0.25, 0.3) is 5.91 Å². The molecule has 0 saturated heterocycles. The minimum atomic E-state index is -0.239. The predicted molar refractivity (Wildman–Crippen MR) is 102 cm³/mol. The zero-order valence-electron chi connectivity index (χ0n) is 13.8. The van der Waals surface area contributed by atoms with E-state index in [-0.39, 0.29) is 11.8 Å². The van der Waals surface area contributed by atoms with Gasteiger partial charge in [0.05, 0.1) is 29.9 Å². The third kappa shape index (κ3) is 3.62. The second-order valence-corrected chi connectivity index (χ2v) is 6.93. The van der Waals surface area contributed by atoms with Crippen molar-refractivity contribution in [3.05, 3.63) is 72.1 Å². The molecule has 0 atom stereocenters. The fourth-order valence-electron chi connectivity index (χ4n) is 2.71. The SMILES string of the molecule is O=C1CSc2ccc(C(=O)Nc3cnn(Cc4ccccc4)c3)cc2N1. The molecule has 0 spiro atoms. The summed E-state index contributed by atoms with van der Waals surface area (Å²) in [6, 6.07) is 15.3.